The molecule has 0 atom stereocenters. The van der Waals surface area contributed by atoms with E-state index in [1.165, 1.54) is 0 Å². The van der Waals surface area contributed by atoms with Crippen molar-refractivity contribution in [2.45, 2.75) is 12.8 Å². The molecule has 2 N–H and O–H groups in total. The highest BCUT2D eigenvalue weighted by atomic mass is 16.2. The first-order valence-corrected chi connectivity index (χ1v) is 9.66. The Bertz CT molecular complexity index is 1150. The number of rotatable bonds is 7. The molecule has 1 amide bonds. The first-order chi connectivity index (χ1) is 14.7. The topological polar surface area (TPSA) is 87.7 Å². The number of aromatic nitrogens is 3. The van der Waals surface area contributed by atoms with Gasteiger partial charge < -0.3 is 5.32 Å². The number of amides is 1. The van der Waals surface area contributed by atoms with Gasteiger partial charge in [-0.15, -0.1) is 0 Å². The number of ketones is 1. The minimum absolute atomic E-state index is 0.0539. The number of nitrogens with one attached hydrogen (secondary N) is 2. The van der Waals surface area contributed by atoms with Crippen LogP contribution < -0.4 is 5.32 Å². The van der Waals surface area contributed by atoms with Crippen molar-refractivity contribution in [1.29, 1.82) is 0 Å². The number of benzene rings is 3. The van der Waals surface area contributed by atoms with Gasteiger partial charge in [-0.3, -0.25) is 14.7 Å². The number of nitrogens with zero attached hydrogens (tertiary/aromatic N) is 2. The van der Waals surface area contributed by atoms with Crippen LogP contribution in [0.15, 0.2) is 84.9 Å². The molecule has 0 bridgehead atoms. The van der Waals surface area contributed by atoms with Crippen LogP contribution in [0.3, 0.4) is 0 Å². The Morgan fingerprint density at radius 1 is 0.800 bits per heavy atom. The van der Waals surface area contributed by atoms with E-state index in [2.05, 4.69) is 20.5 Å². The van der Waals surface area contributed by atoms with Gasteiger partial charge >= 0.3 is 0 Å². The van der Waals surface area contributed by atoms with Crippen LogP contribution in [0.1, 0.15) is 23.2 Å². The maximum atomic E-state index is 12.4. The van der Waals surface area contributed by atoms with Gasteiger partial charge in [0, 0.05) is 29.5 Å². The number of hydrogen-bond donors (Lipinski definition) is 2. The second-order valence-electron chi connectivity index (χ2n) is 6.76. The highest BCUT2D eigenvalue weighted by Crippen LogP contribution is 2.27. The van der Waals surface area contributed by atoms with Gasteiger partial charge in [-0.2, -0.15) is 5.10 Å². The van der Waals surface area contributed by atoms with E-state index in [0.717, 1.165) is 11.1 Å². The lowest BCUT2D eigenvalue weighted by molar-refractivity contribution is -0.116. The number of aromatic amines is 1. The molecular weight excluding hydrogens is 376 g/mol. The van der Waals surface area contributed by atoms with E-state index in [0.29, 0.717) is 22.9 Å². The smallest absolute Gasteiger partial charge is 0.224 e. The van der Waals surface area contributed by atoms with Crippen LogP contribution in [0.4, 0.5) is 5.69 Å². The molecule has 4 rings (SSSR count). The Hall–Kier alpha value is -4.06. The summed E-state index contributed by atoms with van der Waals surface area (Å²) in [4.78, 5) is 29.2. The molecule has 0 fully saturated rings. The largest absolute Gasteiger partial charge is 0.325 e. The van der Waals surface area contributed by atoms with Gasteiger partial charge in [-0.05, 0) is 12.1 Å². The Morgan fingerprint density at radius 3 is 2.23 bits per heavy atom. The number of carbonyl (C=O) groups excluding carboxylic acids is 2. The van der Waals surface area contributed by atoms with Gasteiger partial charge in [0.25, 0.3) is 0 Å². The standard InChI is InChI=1S/C24H20N4O2/c29-21(17-9-3-1-4-10-17)15-16-22(30)25-20-14-8-7-13-19(20)24-26-23(27-28-24)18-11-5-2-6-12-18/h1-14H,15-16H2,(H,25,30)(H,26,27,28). The van der Waals surface area contributed by atoms with Gasteiger partial charge in [-0.25, -0.2) is 4.98 Å². The highest BCUT2D eigenvalue weighted by molar-refractivity contribution is 6.01. The molecule has 0 saturated heterocycles. The number of H-pyrrole nitrogens is 1. The fourth-order valence-corrected chi connectivity index (χ4v) is 3.11. The van der Waals surface area contributed by atoms with E-state index in [-0.39, 0.29) is 24.5 Å². The Kier molecular flexibility index (Phi) is 5.75. The van der Waals surface area contributed by atoms with Gasteiger partial charge in [0.1, 0.15) is 0 Å². The van der Waals surface area contributed by atoms with E-state index >= 15 is 0 Å². The quantitative estimate of drug-likeness (QED) is 0.442. The first-order valence-electron chi connectivity index (χ1n) is 9.66. The molecule has 0 radical (unpaired) electrons. The van der Waals surface area contributed by atoms with Crippen LogP contribution in [-0.4, -0.2) is 26.9 Å². The minimum Gasteiger partial charge on any atom is -0.325 e. The Labute approximate surface area is 174 Å². The predicted molar refractivity (Wildman–Crippen MR) is 116 cm³/mol. The second-order valence-corrected chi connectivity index (χ2v) is 6.76. The van der Waals surface area contributed by atoms with Crippen molar-refractivity contribution >= 4 is 17.4 Å². The third kappa shape index (κ3) is 4.50. The van der Waals surface area contributed by atoms with Gasteiger partial charge in [0.15, 0.2) is 17.4 Å². The lowest BCUT2D eigenvalue weighted by atomic mass is 10.1. The molecule has 0 spiro atoms. The molecule has 0 unspecified atom stereocenters. The average Bonchev–Trinajstić information content (AvgIpc) is 3.29. The van der Waals surface area contributed by atoms with Crippen LogP contribution in [-0.2, 0) is 4.79 Å². The molecule has 1 aromatic heterocycles. The summed E-state index contributed by atoms with van der Waals surface area (Å²) in [6, 6.07) is 26.0. The highest BCUT2D eigenvalue weighted by Gasteiger charge is 2.14. The van der Waals surface area contributed by atoms with Crippen molar-refractivity contribution in [2.75, 3.05) is 5.32 Å². The van der Waals surface area contributed by atoms with Gasteiger partial charge in [0.2, 0.25) is 5.91 Å². The molecule has 30 heavy (non-hydrogen) atoms. The molecule has 4 aromatic rings. The molecule has 1 heterocycles. The maximum absolute atomic E-state index is 12.4. The maximum Gasteiger partial charge on any atom is 0.224 e. The fourth-order valence-electron chi connectivity index (χ4n) is 3.11. The second kappa shape index (κ2) is 8.96. The van der Waals surface area contributed by atoms with Crippen molar-refractivity contribution in [3.8, 4) is 22.8 Å². The van der Waals surface area contributed by atoms with E-state index in [1.54, 1.807) is 18.2 Å². The van der Waals surface area contributed by atoms with Crippen LogP contribution in [0.2, 0.25) is 0 Å². The summed E-state index contributed by atoms with van der Waals surface area (Å²) in [7, 11) is 0. The number of anilines is 1. The van der Waals surface area contributed by atoms with Crippen molar-refractivity contribution < 1.29 is 9.59 Å². The van der Waals surface area contributed by atoms with Gasteiger partial charge in [-0.1, -0.05) is 72.8 Å². The van der Waals surface area contributed by atoms with E-state index < -0.39 is 0 Å². The third-order valence-corrected chi connectivity index (χ3v) is 4.65. The normalized spacial score (nSPS) is 10.5. The molecule has 0 aliphatic heterocycles. The molecule has 148 valence electrons. The SMILES string of the molecule is O=C(CCC(=O)c1ccccc1)Nc1ccccc1-c1nc(-c2ccccc2)n[nH]1. The summed E-state index contributed by atoms with van der Waals surface area (Å²) in [6.45, 7) is 0. The molecular formula is C24H20N4O2. The molecule has 6 nitrogen and oxygen atoms in total. The zero-order chi connectivity index (χ0) is 20.8. The summed E-state index contributed by atoms with van der Waals surface area (Å²) in [5.41, 5.74) is 2.86. The van der Waals surface area contributed by atoms with Gasteiger partial charge in [0.05, 0.1) is 5.69 Å². The third-order valence-electron chi connectivity index (χ3n) is 4.65. The number of Topliss-reactive ketones (excluding diaryl/α,β-unsaturated/α-hetero) is 1. The summed E-state index contributed by atoms with van der Waals surface area (Å²) >= 11 is 0. The van der Waals surface area contributed by atoms with Crippen molar-refractivity contribution in [1.82, 2.24) is 15.2 Å². The summed E-state index contributed by atoms with van der Waals surface area (Å²) < 4.78 is 0. The monoisotopic (exact) mass is 396 g/mol. The zero-order valence-corrected chi connectivity index (χ0v) is 16.2. The van der Waals surface area contributed by atoms with E-state index in [9.17, 15) is 9.59 Å². The summed E-state index contributed by atoms with van der Waals surface area (Å²) in [6.07, 6.45) is 0.256. The fraction of sp³-hybridized carbons (Fsp3) is 0.0833. The minimum atomic E-state index is -0.227. The van der Waals surface area contributed by atoms with Crippen LogP contribution in [0, 0.1) is 0 Å². The number of carbonyl (C=O) groups is 2. The predicted octanol–water partition coefficient (Wildman–Crippen LogP) is 4.74. The number of para-hydroxylation sites is 1. The number of hydrogen-bond acceptors (Lipinski definition) is 4. The molecule has 0 saturated carbocycles. The Morgan fingerprint density at radius 2 is 1.47 bits per heavy atom. The first kappa shape index (κ1) is 19.3. The summed E-state index contributed by atoms with van der Waals surface area (Å²) in [5.74, 6) is 0.863. The molecule has 0 aliphatic carbocycles. The lowest BCUT2D eigenvalue weighted by Gasteiger charge is -2.09. The van der Waals surface area contributed by atoms with Crippen LogP contribution in [0.25, 0.3) is 22.8 Å². The zero-order valence-electron chi connectivity index (χ0n) is 16.2. The van der Waals surface area contributed by atoms with Crippen molar-refractivity contribution in [2.24, 2.45) is 0 Å². The Balaban J connectivity index is 1.45. The lowest BCUT2D eigenvalue weighted by Crippen LogP contribution is -2.14. The summed E-state index contributed by atoms with van der Waals surface area (Å²) in [5, 5.41) is 10.1. The van der Waals surface area contributed by atoms with E-state index in [1.807, 2.05) is 66.7 Å². The van der Waals surface area contributed by atoms with Crippen molar-refractivity contribution in [3.63, 3.8) is 0 Å². The van der Waals surface area contributed by atoms with Crippen LogP contribution in [0.5, 0.6) is 0 Å². The van der Waals surface area contributed by atoms with Crippen LogP contribution >= 0.6 is 0 Å². The molecule has 0 aliphatic rings. The molecule has 3 aromatic carbocycles. The van der Waals surface area contributed by atoms with Crippen molar-refractivity contribution in [3.05, 3.63) is 90.5 Å². The average molecular weight is 396 g/mol. The molecule has 6 heteroatoms. The van der Waals surface area contributed by atoms with E-state index in [4.69, 9.17) is 0 Å².